The monoisotopic (exact) mass is 205 g/mol. The Morgan fingerprint density at radius 3 is 2.87 bits per heavy atom. The van der Waals surface area contributed by atoms with Crippen LogP contribution in [0.2, 0.25) is 0 Å². The molecule has 15 heavy (non-hydrogen) atoms. The van der Waals surface area contributed by atoms with Crippen LogP contribution < -0.4 is 0 Å². The zero-order chi connectivity index (χ0) is 10.4. The number of nitrogens with zero attached hydrogens (tertiary/aromatic N) is 1. The number of hydrogen-bond donors (Lipinski definition) is 1. The molecule has 0 radical (unpaired) electrons. The van der Waals surface area contributed by atoms with Crippen molar-refractivity contribution in [2.24, 2.45) is 17.8 Å². The molecule has 1 aliphatic heterocycles. The highest BCUT2D eigenvalue weighted by molar-refractivity contribution is 5.27. The van der Waals surface area contributed by atoms with Gasteiger partial charge < -0.3 is 0 Å². The number of rotatable bonds is 1. The summed E-state index contributed by atoms with van der Waals surface area (Å²) in [6.45, 7) is 2.80. The second-order valence-electron chi connectivity index (χ2n) is 5.38. The lowest BCUT2D eigenvalue weighted by atomic mass is 9.85. The van der Waals surface area contributed by atoms with Crippen LogP contribution in [0.15, 0.2) is 23.4 Å². The summed E-state index contributed by atoms with van der Waals surface area (Å²) in [6, 6.07) is 0. The summed E-state index contributed by atoms with van der Waals surface area (Å²) in [4.78, 5) is 0. The van der Waals surface area contributed by atoms with Gasteiger partial charge in [0.25, 0.3) is 0 Å². The molecule has 0 amide bonds. The van der Waals surface area contributed by atoms with Gasteiger partial charge in [-0.3, -0.25) is 10.3 Å². The lowest BCUT2D eigenvalue weighted by Gasteiger charge is -2.32. The smallest absolute Gasteiger partial charge is 0.0636 e. The number of allylic oxidation sites excluding steroid dienone is 3. The van der Waals surface area contributed by atoms with Crippen LogP contribution in [0.5, 0.6) is 0 Å². The van der Waals surface area contributed by atoms with Gasteiger partial charge in [-0.05, 0) is 44.1 Å². The van der Waals surface area contributed by atoms with Gasteiger partial charge in [-0.2, -0.15) is 0 Å². The topological polar surface area (TPSA) is 23.5 Å². The summed E-state index contributed by atoms with van der Waals surface area (Å²) in [6.07, 6.45) is 9.77. The number of hydroxylamine groups is 2. The van der Waals surface area contributed by atoms with Gasteiger partial charge in [0.2, 0.25) is 0 Å². The van der Waals surface area contributed by atoms with Gasteiger partial charge in [0.15, 0.2) is 0 Å². The molecule has 2 heteroatoms. The third kappa shape index (κ3) is 1.51. The van der Waals surface area contributed by atoms with Gasteiger partial charge in [0, 0.05) is 11.6 Å². The Kier molecular flexibility index (Phi) is 2.13. The normalized spacial score (nSPS) is 39.3. The van der Waals surface area contributed by atoms with E-state index < -0.39 is 0 Å². The number of hydrogen-bond acceptors (Lipinski definition) is 2. The van der Waals surface area contributed by atoms with Gasteiger partial charge in [0.1, 0.15) is 0 Å². The van der Waals surface area contributed by atoms with Crippen molar-refractivity contribution in [1.82, 2.24) is 5.06 Å². The number of fused-ring (bicyclic) bond motifs is 2. The highest BCUT2D eigenvalue weighted by atomic mass is 16.5. The fourth-order valence-corrected chi connectivity index (χ4v) is 3.61. The lowest BCUT2D eigenvalue weighted by Crippen LogP contribution is -2.29. The van der Waals surface area contributed by atoms with E-state index in [1.54, 1.807) is 0 Å². The van der Waals surface area contributed by atoms with Crippen LogP contribution in [0.1, 0.15) is 32.6 Å². The van der Waals surface area contributed by atoms with E-state index >= 15 is 0 Å². The van der Waals surface area contributed by atoms with Crippen molar-refractivity contribution < 1.29 is 5.21 Å². The molecule has 2 nitrogen and oxygen atoms in total. The quantitative estimate of drug-likeness (QED) is 0.711. The SMILES string of the molecule is CC1=CCN(O)C([C@@H]2C[C@H]3CC[C@@H]2C3)=C1. The second-order valence-corrected chi connectivity index (χ2v) is 5.38. The summed E-state index contributed by atoms with van der Waals surface area (Å²) >= 11 is 0. The first kappa shape index (κ1) is 9.46. The van der Waals surface area contributed by atoms with Gasteiger partial charge >= 0.3 is 0 Å². The van der Waals surface area contributed by atoms with Crippen LogP contribution in [0.3, 0.4) is 0 Å². The average Bonchev–Trinajstić information content (AvgIpc) is 2.83. The average molecular weight is 205 g/mol. The molecule has 0 unspecified atom stereocenters. The van der Waals surface area contributed by atoms with Crippen LogP contribution in [0, 0.1) is 17.8 Å². The van der Waals surface area contributed by atoms with Gasteiger partial charge in [-0.25, -0.2) is 0 Å². The first-order chi connectivity index (χ1) is 7.24. The molecule has 3 atom stereocenters. The molecule has 3 rings (SSSR count). The first-order valence-electron chi connectivity index (χ1n) is 6.09. The predicted octanol–water partition coefficient (Wildman–Crippen LogP) is 2.96. The summed E-state index contributed by atoms with van der Waals surface area (Å²) in [5.41, 5.74) is 2.49. The third-order valence-corrected chi connectivity index (χ3v) is 4.38. The van der Waals surface area contributed by atoms with Crippen LogP contribution in [-0.2, 0) is 0 Å². The van der Waals surface area contributed by atoms with Crippen LogP contribution in [-0.4, -0.2) is 16.8 Å². The highest BCUT2D eigenvalue weighted by Gasteiger charge is 2.42. The fraction of sp³-hybridized carbons (Fsp3) is 0.692. The molecule has 2 saturated carbocycles. The highest BCUT2D eigenvalue weighted by Crippen LogP contribution is 2.51. The Hall–Kier alpha value is -0.760. The molecule has 2 bridgehead atoms. The Balaban J connectivity index is 1.84. The van der Waals surface area contributed by atoms with Crippen molar-refractivity contribution >= 4 is 0 Å². The van der Waals surface area contributed by atoms with E-state index in [2.05, 4.69) is 19.1 Å². The van der Waals surface area contributed by atoms with E-state index in [0.29, 0.717) is 12.5 Å². The molecule has 1 heterocycles. The third-order valence-electron chi connectivity index (χ3n) is 4.38. The molecule has 0 aromatic rings. The summed E-state index contributed by atoms with van der Waals surface area (Å²) < 4.78 is 0. The maximum absolute atomic E-state index is 9.90. The minimum atomic E-state index is 0.636. The van der Waals surface area contributed by atoms with E-state index in [-0.39, 0.29) is 0 Å². The summed E-state index contributed by atoms with van der Waals surface area (Å²) in [7, 11) is 0. The molecule has 2 fully saturated rings. The first-order valence-corrected chi connectivity index (χ1v) is 6.09. The fourth-order valence-electron chi connectivity index (χ4n) is 3.61. The van der Waals surface area contributed by atoms with Crippen molar-refractivity contribution in [3.05, 3.63) is 23.4 Å². The van der Waals surface area contributed by atoms with E-state index in [1.165, 1.54) is 42.0 Å². The van der Waals surface area contributed by atoms with Gasteiger partial charge in [-0.15, -0.1) is 0 Å². The summed E-state index contributed by atoms with van der Waals surface area (Å²) in [5, 5.41) is 11.4. The zero-order valence-corrected chi connectivity index (χ0v) is 9.32. The van der Waals surface area contributed by atoms with Crippen LogP contribution in [0.25, 0.3) is 0 Å². The predicted molar refractivity (Wildman–Crippen MR) is 59.3 cm³/mol. The van der Waals surface area contributed by atoms with Crippen molar-refractivity contribution in [2.75, 3.05) is 6.54 Å². The van der Waals surface area contributed by atoms with E-state index in [9.17, 15) is 5.21 Å². The molecule has 0 aromatic heterocycles. The lowest BCUT2D eigenvalue weighted by molar-refractivity contribution is -0.0595. The second kappa shape index (κ2) is 3.38. The maximum Gasteiger partial charge on any atom is 0.0636 e. The molecule has 0 spiro atoms. The molecule has 2 aliphatic carbocycles. The van der Waals surface area contributed by atoms with Crippen LogP contribution in [0.4, 0.5) is 0 Å². The van der Waals surface area contributed by atoms with Gasteiger partial charge in [-0.1, -0.05) is 18.1 Å². The minimum absolute atomic E-state index is 0.636. The summed E-state index contributed by atoms with van der Waals surface area (Å²) in [5.74, 6) is 2.43. The maximum atomic E-state index is 9.90. The zero-order valence-electron chi connectivity index (χ0n) is 9.32. The van der Waals surface area contributed by atoms with E-state index in [0.717, 1.165) is 11.8 Å². The molecule has 3 aliphatic rings. The Morgan fingerprint density at radius 1 is 1.33 bits per heavy atom. The molecule has 82 valence electrons. The Morgan fingerprint density at radius 2 is 2.20 bits per heavy atom. The standard InChI is InChI=1S/C13H19NO/c1-9-4-5-14(15)13(6-9)12-8-10-2-3-11(12)7-10/h4,6,10-12,15H,2-3,5,7-8H2,1H3/t10-,11+,12+/m0/s1. The van der Waals surface area contributed by atoms with Gasteiger partial charge in [0.05, 0.1) is 6.54 Å². The van der Waals surface area contributed by atoms with Crippen molar-refractivity contribution in [1.29, 1.82) is 0 Å². The van der Waals surface area contributed by atoms with Crippen molar-refractivity contribution in [2.45, 2.75) is 32.6 Å². The van der Waals surface area contributed by atoms with Crippen molar-refractivity contribution in [3.63, 3.8) is 0 Å². The molecule has 1 N–H and O–H groups in total. The molecule has 0 saturated heterocycles. The molecular formula is C13H19NO. The Bertz CT molecular complexity index is 331. The molecule has 0 aromatic carbocycles. The van der Waals surface area contributed by atoms with Crippen LogP contribution >= 0.6 is 0 Å². The van der Waals surface area contributed by atoms with Crippen molar-refractivity contribution in [3.8, 4) is 0 Å². The Labute approximate surface area is 91.2 Å². The molecular weight excluding hydrogens is 186 g/mol. The van der Waals surface area contributed by atoms with E-state index in [4.69, 9.17) is 0 Å². The van der Waals surface area contributed by atoms with E-state index in [1.807, 2.05) is 0 Å². The minimum Gasteiger partial charge on any atom is -0.288 e. The largest absolute Gasteiger partial charge is 0.288 e.